The van der Waals surface area contributed by atoms with Gasteiger partial charge < -0.3 is 39.1 Å². The number of carbonyl (C=O) groups excluding carboxylic acids is 3. The average molecular weight is 620 g/mol. The summed E-state index contributed by atoms with van der Waals surface area (Å²) >= 11 is 0. The number of likely N-dealkylation sites (N-methyl/N-ethyl adjacent to an activating group) is 1. The number of carbonyl (C=O) groups is 3. The van der Waals surface area contributed by atoms with Crippen molar-refractivity contribution in [1.82, 2.24) is 14.7 Å². The minimum absolute atomic E-state index is 0.0476. The number of piperazine rings is 1. The first-order chi connectivity index (χ1) is 21.0. The largest absolute Gasteiger partial charge is 0.457 e. The van der Waals surface area contributed by atoms with Crippen LogP contribution in [0.1, 0.15) is 59.8 Å². The molecule has 3 rings (SSSR count). The van der Waals surface area contributed by atoms with Crippen molar-refractivity contribution in [1.29, 1.82) is 0 Å². The molecule has 0 aromatic carbocycles. The van der Waals surface area contributed by atoms with Crippen molar-refractivity contribution in [3.8, 4) is 0 Å². The van der Waals surface area contributed by atoms with E-state index in [1.165, 1.54) is 0 Å². The Bertz CT molecular complexity index is 1040. The van der Waals surface area contributed by atoms with Gasteiger partial charge in [0.15, 0.2) is 0 Å². The van der Waals surface area contributed by atoms with Crippen molar-refractivity contribution in [2.75, 3.05) is 53.0 Å². The molecule has 0 radical (unpaired) electrons. The summed E-state index contributed by atoms with van der Waals surface area (Å²) < 4.78 is 17.3. The zero-order valence-corrected chi connectivity index (χ0v) is 27.1. The molecule has 0 saturated carbocycles. The van der Waals surface area contributed by atoms with Gasteiger partial charge in [-0.05, 0) is 57.2 Å². The second-order valence-electron chi connectivity index (χ2n) is 12.7. The van der Waals surface area contributed by atoms with Crippen LogP contribution in [0.3, 0.4) is 0 Å². The molecule has 11 nitrogen and oxygen atoms in total. The Morgan fingerprint density at radius 3 is 2.52 bits per heavy atom. The van der Waals surface area contributed by atoms with Crippen molar-refractivity contribution >= 4 is 18.2 Å². The van der Waals surface area contributed by atoms with Gasteiger partial charge in [-0.25, -0.2) is 9.59 Å². The zero-order chi connectivity index (χ0) is 32.2. The van der Waals surface area contributed by atoms with Crippen LogP contribution in [-0.4, -0.2) is 120 Å². The van der Waals surface area contributed by atoms with Crippen molar-refractivity contribution < 1.29 is 38.8 Å². The van der Waals surface area contributed by atoms with Crippen LogP contribution in [0, 0.1) is 17.8 Å². The monoisotopic (exact) mass is 619 g/mol. The number of hydrogen-bond acceptors (Lipinski definition) is 9. The van der Waals surface area contributed by atoms with Gasteiger partial charge in [-0.15, -0.1) is 0 Å². The van der Waals surface area contributed by atoms with E-state index in [1.54, 1.807) is 9.80 Å². The van der Waals surface area contributed by atoms with Crippen LogP contribution < -0.4 is 0 Å². The summed E-state index contributed by atoms with van der Waals surface area (Å²) in [7, 11) is 2.03. The lowest BCUT2D eigenvalue weighted by atomic mass is 9.92. The van der Waals surface area contributed by atoms with E-state index in [4.69, 9.17) is 14.2 Å². The normalized spacial score (nSPS) is 31.2. The Balaban J connectivity index is 1.66. The fourth-order valence-corrected chi connectivity index (χ4v) is 5.73. The molecule has 7 atom stereocenters. The fraction of sp³-hybridized carbons (Fsp3) is 0.727. The van der Waals surface area contributed by atoms with Crippen LogP contribution >= 0.6 is 0 Å². The number of cyclic esters (lactones) is 1. The molecule has 0 aromatic heterocycles. The van der Waals surface area contributed by atoms with E-state index in [-0.39, 0.29) is 49.5 Å². The number of nitrogens with zero attached hydrogens (tertiary/aromatic N) is 3. The molecule has 11 heteroatoms. The van der Waals surface area contributed by atoms with E-state index < -0.39 is 30.4 Å². The molecular weight excluding hydrogens is 566 g/mol. The zero-order valence-electron chi connectivity index (χ0n) is 27.1. The standard InChI is InChI=1S/C33H53N3O8/c1-23(22-42-33(41)36-15-7-10-27(36)21-37)8-6-9-25(3)31-26(4)12-14-29(24(2)11-13-28(38)20-30(39)44-31)43-32(40)35-18-16-34(5)17-19-35/h6,8-9,12,14,23-24,26-29,31,37-38H,7,10-11,13,15-22H2,1-5H3/b8-6+,14-12-,25-9+/t23-,24+,26+,27+,28-,29+,31-/m1/s1. The molecule has 0 aliphatic carbocycles. The van der Waals surface area contributed by atoms with E-state index in [2.05, 4.69) is 4.90 Å². The van der Waals surface area contributed by atoms with Crippen LogP contribution in [-0.2, 0) is 19.0 Å². The van der Waals surface area contributed by atoms with Gasteiger partial charge in [-0.1, -0.05) is 45.1 Å². The fourth-order valence-electron chi connectivity index (χ4n) is 5.73. The topological polar surface area (TPSA) is 129 Å². The van der Waals surface area contributed by atoms with Crippen LogP contribution in [0.4, 0.5) is 9.59 Å². The van der Waals surface area contributed by atoms with Gasteiger partial charge in [0.1, 0.15) is 12.2 Å². The van der Waals surface area contributed by atoms with Gasteiger partial charge in [0.2, 0.25) is 0 Å². The van der Waals surface area contributed by atoms with Crippen LogP contribution in [0.25, 0.3) is 0 Å². The molecule has 0 unspecified atom stereocenters. The maximum atomic E-state index is 13.0. The lowest BCUT2D eigenvalue weighted by molar-refractivity contribution is -0.151. The summed E-state index contributed by atoms with van der Waals surface area (Å²) in [5.41, 5.74) is 0.810. The minimum atomic E-state index is -0.848. The first-order valence-corrected chi connectivity index (χ1v) is 16.1. The second kappa shape index (κ2) is 17.6. The maximum Gasteiger partial charge on any atom is 0.410 e. The van der Waals surface area contributed by atoms with Gasteiger partial charge in [-0.2, -0.15) is 0 Å². The van der Waals surface area contributed by atoms with Gasteiger partial charge in [0, 0.05) is 44.6 Å². The minimum Gasteiger partial charge on any atom is -0.457 e. The third-order valence-corrected chi connectivity index (χ3v) is 8.80. The Labute approximate surface area is 262 Å². The third-order valence-electron chi connectivity index (χ3n) is 8.80. The van der Waals surface area contributed by atoms with Gasteiger partial charge >= 0.3 is 18.2 Å². The van der Waals surface area contributed by atoms with Crippen molar-refractivity contribution in [3.05, 3.63) is 36.0 Å². The molecule has 248 valence electrons. The average Bonchev–Trinajstić information content (AvgIpc) is 3.48. The first kappa shape index (κ1) is 35.6. The Kier molecular flexibility index (Phi) is 14.2. The Morgan fingerprint density at radius 1 is 1.09 bits per heavy atom. The quantitative estimate of drug-likeness (QED) is 0.189. The van der Waals surface area contributed by atoms with E-state index >= 15 is 0 Å². The molecule has 3 aliphatic heterocycles. The molecule has 3 heterocycles. The summed E-state index contributed by atoms with van der Waals surface area (Å²) in [5.74, 6) is -0.792. The van der Waals surface area contributed by atoms with Gasteiger partial charge in [-0.3, -0.25) is 4.79 Å². The molecule has 3 aliphatic rings. The second-order valence-corrected chi connectivity index (χ2v) is 12.7. The number of hydrogen-bond donors (Lipinski definition) is 2. The maximum absolute atomic E-state index is 13.0. The molecule has 2 fully saturated rings. The van der Waals surface area contributed by atoms with Crippen LogP contribution in [0.15, 0.2) is 36.0 Å². The molecule has 2 saturated heterocycles. The Morgan fingerprint density at radius 2 is 1.82 bits per heavy atom. The summed E-state index contributed by atoms with van der Waals surface area (Å²) in [5, 5.41) is 20.0. The van der Waals surface area contributed by atoms with E-state index in [0.717, 1.165) is 31.5 Å². The van der Waals surface area contributed by atoms with E-state index in [0.29, 0.717) is 32.5 Å². The molecule has 0 spiro atoms. The highest BCUT2D eigenvalue weighted by Gasteiger charge is 2.30. The van der Waals surface area contributed by atoms with Crippen molar-refractivity contribution in [3.63, 3.8) is 0 Å². The number of rotatable bonds is 7. The Hall–Kier alpha value is -2.89. The first-order valence-electron chi connectivity index (χ1n) is 16.1. The lowest BCUT2D eigenvalue weighted by Gasteiger charge is -2.33. The number of aliphatic hydroxyl groups excluding tert-OH is 2. The SMILES string of the molecule is C/C(=C\C=C\[C@@H](C)COC(=O)N1CCC[C@H]1CO)[C@H]1OC(=O)C[C@H](O)CC[C@H](C)[C@@H](OC(=O)N2CCN(C)CC2)/C=C\[C@@H]1C. The summed E-state index contributed by atoms with van der Waals surface area (Å²) in [6, 6.07) is -0.174. The molecule has 0 bridgehead atoms. The van der Waals surface area contributed by atoms with Crippen LogP contribution in [0.5, 0.6) is 0 Å². The summed E-state index contributed by atoms with van der Waals surface area (Å²) in [6.45, 7) is 11.3. The highest BCUT2D eigenvalue weighted by molar-refractivity contribution is 5.70. The number of allylic oxidation sites excluding steroid dienone is 2. The number of esters is 1. The lowest BCUT2D eigenvalue weighted by Crippen LogP contribution is -2.48. The van der Waals surface area contributed by atoms with Crippen molar-refractivity contribution in [2.45, 2.75) is 84.2 Å². The van der Waals surface area contributed by atoms with E-state index in [1.807, 2.05) is 65.1 Å². The predicted molar refractivity (Wildman–Crippen MR) is 167 cm³/mol. The molecule has 44 heavy (non-hydrogen) atoms. The number of amides is 2. The highest BCUT2D eigenvalue weighted by Crippen LogP contribution is 2.25. The molecule has 2 amide bonds. The van der Waals surface area contributed by atoms with E-state index in [9.17, 15) is 24.6 Å². The predicted octanol–water partition coefficient (Wildman–Crippen LogP) is 3.76. The number of likely N-dealkylation sites (tertiary alicyclic amines) is 1. The third kappa shape index (κ3) is 10.9. The molecule has 0 aromatic rings. The van der Waals surface area contributed by atoms with Crippen molar-refractivity contribution in [2.24, 2.45) is 17.8 Å². The highest BCUT2D eigenvalue weighted by atomic mass is 16.6. The molecular formula is C33H53N3O8. The van der Waals surface area contributed by atoms with Gasteiger partial charge in [0.25, 0.3) is 0 Å². The molecule has 2 N–H and O–H groups in total. The van der Waals surface area contributed by atoms with Crippen LogP contribution in [0.2, 0.25) is 0 Å². The number of ether oxygens (including phenoxy) is 3. The number of aliphatic hydroxyl groups is 2. The van der Waals surface area contributed by atoms with Gasteiger partial charge in [0.05, 0.1) is 31.8 Å². The summed E-state index contributed by atoms with van der Waals surface area (Å²) in [6.07, 6.45) is 9.35. The smallest absolute Gasteiger partial charge is 0.410 e. The summed E-state index contributed by atoms with van der Waals surface area (Å²) in [4.78, 5) is 43.6.